The van der Waals surface area contributed by atoms with Crippen LogP contribution in [0.2, 0.25) is 0 Å². The molecule has 3 heteroatoms. The van der Waals surface area contributed by atoms with Gasteiger partial charge in [0.05, 0.1) is 4.47 Å². The molecule has 1 N–H and O–H groups in total. The molecule has 0 aliphatic rings. The number of hydrogen-bond acceptors (Lipinski definition) is 2. The van der Waals surface area contributed by atoms with Crippen molar-refractivity contribution in [3.8, 4) is 5.75 Å². The monoisotopic (exact) mass is 409 g/mol. The smallest absolute Gasteiger partial charge is 0.134 e. The zero-order valence-electron chi connectivity index (χ0n) is 15.3. The van der Waals surface area contributed by atoms with E-state index in [1.807, 2.05) is 6.07 Å². The zero-order valence-corrected chi connectivity index (χ0v) is 16.8. The quantitative estimate of drug-likeness (QED) is 0.479. The van der Waals surface area contributed by atoms with Crippen molar-refractivity contribution in [2.24, 2.45) is 0 Å². The molecule has 0 bridgehead atoms. The molecular weight excluding hydrogens is 386 g/mol. The van der Waals surface area contributed by atoms with Crippen LogP contribution in [0.25, 0.3) is 0 Å². The van der Waals surface area contributed by atoms with Crippen LogP contribution in [-0.4, -0.2) is 0 Å². The van der Waals surface area contributed by atoms with E-state index in [1.54, 1.807) is 0 Å². The first-order valence-corrected chi connectivity index (χ1v) is 9.73. The Bertz CT molecular complexity index is 841. The highest BCUT2D eigenvalue weighted by Gasteiger charge is 2.04. The molecule has 3 rings (SSSR count). The maximum Gasteiger partial charge on any atom is 0.134 e. The van der Waals surface area contributed by atoms with Crippen molar-refractivity contribution in [3.63, 3.8) is 0 Å². The fraction of sp³-hybridized carbons (Fsp3) is 0.217. The van der Waals surface area contributed by atoms with E-state index in [9.17, 15) is 0 Å². The molecular formula is C23H24BrNO. The minimum absolute atomic E-state index is 0.570. The minimum Gasteiger partial charge on any atom is -0.488 e. The molecule has 0 radical (unpaired) electrons. The predicted octanol–water partition coefficient (Wildman–Crippen LogP) is 6.51. The molecule has 26 heavy (non-hydrogen) atoms. The summed E-state index contributed by atoms with van der Waals surface area (Å²) in [6.45, 7) is 5.61. The second kappa shape index (κ2) is 8.91. The number of nitrogens with one attached hydrogen (secondary N) is 1. The Labute approximate surface area is 164 Å². The van der Waals surface area contributed by atoms with E-state index in [2.05, 4.69) is 95.8 Å². The summed E-state index contributed by atoms with van der Waals surface area (Å²) in [7, 11) is 0. The molecule has 134 valence electrons. The summed E-state index contributed by atoms with van der Waals surface area (Å²) >= 11 is 3.62. The molecule has 0 spiro atoms. The molecule has 0 unspecified atom stereocenters. The molecule has 0 saturated carbocycles. The number of ether oxygens (including phenoxy) is 1. The number of aryl methyl sites for hydroxylation is 2. The van der Waals surface area contributed by atoms with Crippen molar-refractivity contribution < 1.29 is 4.74 Å². The SMILES string of the molecule is CCc1ccc(NCc2ccc(OCc3ccc(C)cc3)c(Br)c2)cc1. The summed E-state index contributed by atoms with van der Waals surface area (Å²) in [4.78, 5) is 0. The third-order valence-corrected chi connectivity index (χ3v) is 4.99. The van der Waals surface area contributed by atoms with Crippen LogP contribution in [0.15, 0.2) is 71.2 Å². The van der Waals surface area contributed by atoms with E-state index in [4.69, 9.17) is 4.74 Å². The van der Waals surface area contributed by atoms with Crippen molar-refractivity contribution >= 4 is 21.6 Å². The van der Waals surface area contributed by atoms with Gasteiger partial charge >= 0.3 is 0 Å². The van der Waals surface area contributed by atoms with Crippen molar-refractivity contribution in [2.75, 3.05) is 5.32 Å². The van der Waals surface area contributed by atoms with Crippen molar-refractivity contribution in [1.29, 1.82) is 0 Å². The number of anilines is 1. The van der Waals surface area contributed by atoms with Crippen LogP contribution in [0.5, 0.6) is 5.75 Å². The van der Waals surface area contributed by atoms with Crippen molar-refractivity contribution in [2.45, 2.75) is 33.4 Å². The van der Waals surface area contributed by atoms with E-state index >= 15 is 0 Å². The van der Waals surface area contributed by atoms with Gasteiger partial charge in [0, 0.05) is 12.2 Å². The zero-order chi connectivity index (χ0) is 18.4. The lowest BCUT2D eigenvalue weighted by Crippen LogP contribution is -2.01. The predicted molar refractivity (Wildman–Crippen MR) is 113 cm³/mol. The molecule has 3 aromatic carbocycles. The summed E-state index contributed by atoms with van der Waals surface area (Å²) in [6, 6.07) is 23.2. The van der Waals surface area contributed by atoms with E-state index in [0.29, 0.717) is 6.61 Å². The molecule has 0 heterocycles. The highest BCUT2D eigenvalue weighted by atomic mass is 79.9. The highest BCUT2D eigenvalue weighted by Crippen LogP contribution is 2.27. The van der Waals surface area contributed by atoms with Crippen LogP contribution in [-0.2, 0) is 19.6 Å². The van der Waals surface area contributed by atoms with E-state index < -0.39 is 0 Å². The van der Waals surface area contributed by atoms with Gasteiger partial charge < -0.3 is 10.1 Å². The lowest BCUT2D eigenvalue weighted by Gasteiger charge is -2.11. The first kappa shape index (κ1) is 18.5. The second-order valence-electron chi connectivity index (χ2n) is 6.44. The number of halogens is 1. The molecule has 0 aliphatic carbocycles. The summed E-state index contributed by atoms with van der Waals surface area (Å²) in [6.07, 6.45) is 1.07. The average molecular weight is 410 g/mol. The van der Waals surface area contributed by atoms with Crippen LogP contribution < -0.4 is 10.1 Å². The number of benzene rings is 3. The Morgan fingerprint density at radius 1 is 0.846 bits per heavy atom. The van der Waals surface area contributed by atoms with Gasteiger partial charge in [-0.15, -0.1) is 0 Å². The Kier molecular flexibility index (Phi) is 6.35. The summed E-state index contributed by atoms with van der Waals surface area (Å²) in [5.41, 5.74) is 6.13. The lowest BCUT2D eigenvalue weighted by atomic mass is 10.1. The number of hydrogen-bond donors (Lipinski definition) is 1. The maximum atomic E-state index is 5.94. The van der Waals surface area contributed by atoms with Gasteiger partial charge in [-0.05, 0) is 70.2 Å². The molecule has 3 aromatic rings. The van der Waals surface area contributed by atoms with Crippen LogP contribution in [0.1, 0.15) is 29.2 Å². The highest BCUT2D eigenvalue weighted by molar-refractivity contribution is 9.10. The van der Waals surface area contributed by atoms with Gasteiger partial charge in [0.2, 0.25) is 0 Å². The lowest BCUT2D eigenvalue weighted by molar-refractivity contribution is 0.304. The third-order valence-electron chi connectivity index (χ3n) is 4.37. The van der Waals surface area contributed by atoms with Crippen molar-refractivity contribution in [1.82, 2.24) is 0 Å². The summed E-state index contributed by atoms with van der Waals surface area (Å²) < 4.78 is 6.92. The van der Waals surface area contributed by atoms with E-state index in [1.165, 1.54) is 22.3 Å². The summed E-state index contributed by atoms with van der Waals surface area (Å²) in [5.74, 6) is 0.863. The Morgan fingerprint density at radius 2 is 1.50 bits per heavy atom. The third kappa shape index (κ3) is 5.12. The first-order chi connectivity index (χ1) is 12.6. The molecule has 0 atom stereocenters. The van der Waals surface area contributed by atoms with Crippen molar-refractivity contribution in [3.05, 3.63) is 93.5 Å². The second-order valence-corrected chi connectivity index (χ2v) is 7.30. The van der Waals surface area contributed by atoms with Gasteiger partial charge in [0.25, 0.3) is 0 Å². The fourth-order valence-electron chi connectivity index (χ4n) is 2.68. The first-order valence-electron chi connectivity index (χ1n) is 8.93. The number of rotatable bonds is 7. The molecule has 0 aliphatic heterocycles. The fourth-order valence-corrected chi connectivity index (χ4v) is 3.22. The van der Waals surface area contributed by atoms with Gasteiger partial charge in [-0.1, -0.05) is 55.0 Å². The molecule has 0 aromatic heterocycles. The van der Waals surface area contributed by atoms with Gasteiger partial charge in [0.1, 0.15) is 12.4 Å². The molecule has 0 amide bonds. The Balaban J connectivity index is 1.57. The van der Waals surface area contributed by atoms with E-state index in [-0.39, 0.29) is 0 Å². The van der Waals surface area contributed by atoms with Crippen LogP contribution in [0.3, 0.4) is 0 Å². The largest absolute Gasteiger partial charge is 0.488 e. The molecule has 0 fully saturated rings. The minimum atomic E-state index is 0.570. The average Bonchev–Trinajstić information content (AvgIpc) is 2.67. The maximum absolute atomic E-state index is 5.94. The van der Waals surface area contributed by atoms with Crippen LogP contribution >= 0.6 is 15.9 Å². The Morgan fingerprint density at radius 3 is 2.15 bits per heavy atom. The van der Waals surface area contributed by atoms with Gasteiger partial charge in [0.15, 0.2) is 0 Å². The topological polar surface area (TPSA) is 21.3 Å². The normalized spacial score (nSPS) is 10.6. The van der Waals surface area contributed by atoms with Gasteiger partial charge in [-0.3, -0.25) is 0 Å². The van der Waals surface area contributed by atoms with E-state index in [0.717, 1.165) is 28.9 Å². The van der Waals surface area contributed by atoms with Crippen LogP contribution in [0, 0.1) is 6.92 Å². The Hall–Kier alpha value is -2.26. The summed E-state index contributed by atoms with van der Waals surface area (Å²) in [5, 5.41) is 3.46. The van der Waals surface area contributed by atoms with Gasteiger partial charge in [-0.2, -0.15) is 0 Å². The van der Waals surface area contributed by atoms with Gasteiger partial charge in [-0.25, -0.2) is 0 Å². The molecule has 0 saturated heterocycles. The molecule has 2 nitrogen and oxygen atoms in total. The van der Waals surface area contributed by atoms with Crippen LogP contribution in [0.4, 0.5) is 5.69 Å². The standard InChI is InChI=1S/C23H24BrNO/c1-3-18-8-11-21(12-9-18)25-15-20-10-13-23(22(24)14-20)26-16-19-6-4-17(2)5-7-19/h4-14,25H,3,15-16H2,1-2H3.